The number of carboxylic acid groups (broad SMARTS) is 1. The Morgan fingerprint density at radius 2 is 2.06 bits per heavy atom. The normalized spacial score (nSPS) is 10.5. The zero-order valence-corrected chi connectivity index (χ0v) is 9.43. The van der Waals surface area contributed by atoms with Gasteiger partial charge in [-0.15, -0.1) is 0 Å². The van der Waals surface area contributed by atoms with Crippen molar-refractivity contribution < 1.29 is 14.6 Å². The summed E-state index contributed by atoms with van der Waals surface area (Å²) < 4.78 is 6.38. The number of benzene rings is 1. The third kappa shape index (κ3) is 1.75. The van der Waals surface area contributed by atoms with Crippen molar-refractivity contribution in [1.82, 2.24) is 4.57 Å². The molecule has 0 aliphatic rings. The van der Waals surface area contributed by atoms with Crippen LogP contribution in [-0.4, -0.2) is 22.8 Å². The Morgan fingerprint density at radius 1 is 1.35 bits per heavy atom. The number of fused-ring (bicyclic) bond motifs is 1. The summed E-state index contributed by atoms with van der Waals surface area (Å²) in [6.07, 6.45) is 0. The number of hydrogen-bond acceptors (Lipinski definition) is 3. The van der Waals surface area contributed by atoms with Crippen molar-refractivity contribution in [3.05, 3.63) is 40.2 Å². The number of carbonyl (C=O) groups is 1. The zero-order chi connectivity index (χ0) is 12.6. The first kappa shape index (κ1) is 11.2. The summed E-state index contributed by atoms with van der Waals surface area (Å²) in [7, 11) is 3.07. The lowest BCUT2D eigenvalue weighted by Crippen LogP contribution is -2.24. The second-order valence-electron chi connectivity index (χ2n) is 3.65. The van der Waals surface area contributed by atoms with E-state index in [0.717, 1.165) is 0 Å². The van der Waals surface area contributed by atoms with Crippen LogP contribution < -0.4 is 10.3 Å². The average Bonchev–Trinajstić information content (AvgIpc) is 2.32. The first-order valence-electron chi connectivity index (χ1n) is 4.95. The van der Waals surface area contributed by atoms with Gasteiger partial charge in [0, 0.05) is 12.4 Å². The maximum atomic E-state index is 11.7. The number of pyridine rings is 1. The molecule has 5 heteroatoms. The predicted molar refractivity (Wildman–Crippen MR) is 62.7 cm³/mol. The first-order chi connectivity index (χ1) is 8.04. The van der Waals surface area contributed by atoms with Gasteiger partial charge in [-0.1, -0.05) is 0 Å². The molecule has 0 aliphatic carbocycles. The van der Waals surface area contributed by atoms with E-state index in [1.54, 1.807) is 25.2 Å². The van der Waals surface area contributed by atoms with Crippen LogP contribution in [0.1, 0.15) is 10.4 Å². The quantitative estimate of drug-likeness (QED) is 0.847. The fourth-order valence-electron chi connectivity index (χ4n) is 1.74. The second kappa shape index (κ2) is 3.93. The molecule has 2 rings (SSSR count). The van der Waals surface area contributed by atoms with E-state index in [-0.39, 0.29) is 5.56 Å². The molecule has 2 aromatic rings. The summed E-state index contributed by atoms with van der Waals surface area (Å²) in [5.41, 5.74) is -0.0933. The molecule has 0 fully saturated rings. The first-order valence-corrected chi connectivity index (χ1v) is 4.95. The summed E-state index contributed by atoms with van der Waals surface area (Å²) in [5, 5.41) is 9.59. The van der Waals surface area contributed by atoms with E-state index in [2.05, 4.69) is 0 Å². The molecule has 0 atom stereocenters. The van der Waals surface area contributed by atoms with Gasteiger partial charge in [-0.2, -0.15) is 0 Å². The molecule has 1 aromatic heterocycles. The van der Waals surface area contributed by atoms with Gasteiger partial charge in [-0.05, 0) is 24.3 Å². The molecule has 88 valence electrons. The molecular formula is C12H11NO4. The van der Waals surface area contributed by atoms with Gasteiger partial charge in [0.15, 0.2) is 0 Å². The molecule has 1 N–H and O–H groups in total. The summed E-state index contributed by atoms with van der Waals surface area (Å²) in [4.78, 5) is 22.7. The number of methoxy groups -OCH3 is 1. The van der Waals surface area contributed by atoms with Gasteiger partial charge in [0.2, 0.25) is 0 Å². The van der Waals surface area contributed by atoms with Gasteiger partial charge in [-0.3, -0.25) is 4.79 Å². The molecular weight excluding hydrogens is 222 g/mol. The van der Waals surface area contributed by atoms with Crippen LogP contribution in [0.5, 0.6) is 5.75 Å². The third-order valence-electron chi connectivity index (χ3n) is 2.66. The van der Waals surface area contributed by atoms with E-state index < -0.39 is 11.5 Å². The van der Waals surface area contributed by atoms with Gasteiger partial charge in [0.25, 0.3) is 5.56 Å². The minimum Gasteiger partial charge on any atom is -0.497 e. The molecule has 0 radical (unpaired) electrons. The van der Waals surface area contributed by atoms with Crippen molar-refractivity contribution in [2.75, 3.05) is 7.11 Å². The predicted octanol–water partition coefficient (Wildman–Crippen LogP) is 1.25. The van der Waals surface area contributed by atoms with E-state index in [0.29, 0.717) is 16.7 Å². The topological polar surface area (TPSA) is 68.5 Å². The minimum absolute atomic E-state index is 0.242. The monoisotopic (exact) mass is 233 g/mol. The lowest BCUT2D eigenvalue weighted by molar-refractivity contribution is 0.0694. The Hall–Kier alpha value is -2.30. The number of nitrogens with zero attached hydrogens (tertiary/aromatic N) is 1. The number of aryl methyl sites for hydroxylation is 1. The highest BCUT2D eigenvalue weighted by molar-refractivity contribution is 5.93. The highest BCUT2D eigenvalue weighted by atomic mass is 16.5. The van der Waals surface area contributed by atoms with E-state index in [1.165, 1.54) is 17.7 Å². The maximum absolute atomic E-state index is 11.7. The van der Waals surface area contributed by atoms with Gasteiger partial charge in [0.05, 0.1) is 12.6 Å². The number of aromatic carboxylic acids is 1. The highest BCUT2D eigenvalue weighted by Crippen LogP contribution is 2.19. The van der Waals surface area contributed by atoms with Crippen LogP contribution in [0.4, 0.5) is 0 Å². The van der Waals surface area contributed by atoms with Crippen molar-refractivity contribution in [3.8, 4) is 5.75 Å². The SMILES string of the molecule is COc1ccc2c(c1)cc(C(=O)O)c(=O)n2C. The number of hydrogen-bond donors (Lipinski definition) is 1. The van der Waals surface area contributed by atoms with Gasteiger partial charge >= 0.3 is 5.97 Å². The molecule has 17 heavy (non-hydrogen) atoms. The van der Waals surface area contributed by atoms with E-state index in [4.69, 9.17) is 9.84 Å². The highest BCUT2D eigenvalue weighted by Gasteiger charge is 2.12. The van der Waals surface area contributed by atoms with Crippen LogP contribution in [0.25, 0.3) is 10.9 Å². The molecule has 1 aromatic carbocycles. The fraction of sp³-hybridized carbons (Fsp3) is 0.167. The lowest BCUT2D eigenvalue weighted by atomic mass is 10.1. The fourth-order valence-corrected chi connectivity index (χ4v) is 1.74. The van der Waals surface area contributed by atoms with Crippen molar-refractivity contribution in [2.45, 2.75) is 0 Å². The number of rotatable bonds is 2. The van der Waals surface area contributed by atoms with Crippen molar-refractivity contribution in [2.24, 2.45) is 7.05 Å². The summed E-state index contributed by atoms with van der Waals surface area (Å²) in [5.74, 6) is -0.609. The number of ether oxygens (including phenoxy) is 1. The van der Waals surface area contributed by atoms with E-state index in [9.17, 15) is 9.59 Å². The molecule has 0 spiro atoms. The minimum atomic E-state index is -1.23. The van der Waals surface area contributed by atoms with Crippen LogP contribution >= 0.6 is 0 Å². The van der Waals surface area contributed by atoms with Crippen LogP contribution in [0.2, 0.25) is 0 Å². The summed E-state index contributed by atoms with van der Waals surface area (Å²) >= 11 is 0. The molecule has 0 saturated heterocycles. The number of aromatic nitrogens is 1. The Labute approximate surface area is 96.9 Å². The van der Waals surface area contributed by atoms with Gasteiger partial charge < -0.3 is 14.4 Å². The zero-order valence-electron chi connectivity index (χ0n) is 9.43. The molecule has 0 bridgehead atoms. The molecule has 0 unspecified atom stereocenters. The number of carboxylic acids is 1. The van der Waals surface area contributed by atoms with E-state index >= 15 is 0 Å². The molecule has 1 heterocycles. The van der Waals surface area contributed by atoms with Crippen molar-refractivity contribution in [3.63, 3.8) is 0 Å². The standard InChI is InChI=1S/C12H11NO4/c1-13-10-4-3-8(17-2)5-7(10)6-9(11(13)14)12(15)16/h3-6H,1-2H3,(H,15,16). The van der Waals surface area contributed by atoms with Crippen molar-refractivity contribution >= 4 is 16.9 Å². The third-order valence-corrected chi connectivity index (χ3v) is 2.66. The van der Waals surface area contributed by atoms with Crippen LogP contribution in [0.3, 0.4) is 0 Å². The average molecular weight is 233 g/mol. The van der Waals surface area contributed by atoms with Crippen LogP contribution in [-0.2, 0) is 7.05 Å². The Morgan fingerprint density at radius 3 is 2.65 bits per heavy atom. The van der Waals surface area contributed by atoms with Crippen LogP contribution in [0.15, 0.2) is 29.1 Å². The second-order valence-corrected chi connectivity index (χ2v) is 3.65. The van der Waals surface area contributed by atoms with Gasteiger partial charge in [0.1, 0.15) is 11.3 Å². The molecule has 0 aliphatic heterocycles. The summed E-state index contributed by atoms with van der Waals surface area (Å²) in [6, 6.07) is 6.51. The molecule has 0 amide bonds. The largest absolute Gasteiger partial charge is 0.497 e. The Balaban J connectivity index is 2.86. The summed E-state index contributed by atoms with van der Waals surface area (Å²) in [6.45, 7) is 0. The Kier molecular flexibility index (Phi) is 2.59. The maximum Gasteiger partial charge on any atom is 0.341 e. The molecule has 0 saturated carbocycles. The van der Waals surface area contributed by atoms with Crippen molar-refractivity contribution in [1.29, 1.82) is 0 Å². The molecule has 5 nitrogen and oxygen atoms in total. The lowest BCUT2D eigenvalue weighted by Gasteiger charge is -2.08. The smallest absolute Gasteiger partial charge is 0.341 e. The van der Waals surface area contributed by atoms with E-state index in [1.807, 2.05) is 0 Å². The Bertz CT molecular complexity index is 657. The van der Waals surface area contributed by atoms with Gasteiger partial charge in [-0.25, -0.2) is 4.79 Å². The van der Waals surface area contributed by atoms with Crippen LogP contribution in [0, 0.1) is 0 Å².